The first-order valence-electron chi connectivity index (χ1n) is 5.77. The molecule has 0 fully saturated rings. The van der Waals surface area contributed by atoms with Crippen molar-refractivity contribution in [2.45, 2.75) is 27.7 Å². The number of aromatic nitrogens is 2. The van der Waals surface area contributed by atoms with Gasteiger partial charge in [0.15, 0.2) is 0 Å². The molecule has 0 aliphatic rings. The van der Waals surface area contributed by atoms with Crippen molar-refractivity contribution in [2.24, 2.45) is 0 Å². The van der Waals surface area contributed by atoms with E-state index in [-0.39, 0.29) is 5.82 Å². The molecule has 0 bridgehead atoms. The Morgan fingerprint density at radius 3 is 2.53 bits per heavy atom. The third-order valence-electron chi connectivity index (χ3n) is 2.04. The van der Waals surface area contributed by atoms with Crippen molar-refractivity contribution in [3.8, 4) is 5.88 Å². The van der Waals surface area contributed by atoms with E-state index < -0.39 is 0 Å². The molecule has 0 radical (unpaired) electrons. The predicted octanol–water partition coefficient (Wildman–Crippen LogP) is 3.50. The van der Waals surface area contributed by atoms with Crippen LogP contribution in [0.5, 0.6) is 5.88 Å². The molecule has 2 aromatic rings. The largest absolute Gasteiger partial charge is 0.477 e. The summed E-state index contributed by atoms with van der Waals surface area (Å²) in [7, 11) is 0. The number of hydrogen-bond donors (Lipinski definition) is 0. The third kappa shape index (κ3) is 3.12. The molecule has 0 aliphatic heterocycles. The Bertz CT molecular complexity index is 500. The Morgan fingerprint density at radius 1 is 1.18 bits per heavy atom. The van der Waals surface area contributed by atoms with Crippen LogP contribution in [0.4, 0.5) is 4.39 Å². The number of nitrogens with zero attached hydrogens (tertiary/aromatic N) is 2. The van der Waals surface area contributed by atoms with E-state index in [1.807, 2.05) is 27.7 Å². The summed E-state index contributed by atoms with van der Waals surface area (Å²) in [5, 5.41) is 0. The van der Waals surface area contributed by atoms with Crippen LogP contribution in [0.25, 0.3) is 11.0 Å². The molecule has 1 aromatic heterocycles. The quantitative estimate of drug-likeness (QED) is 0.800. The van der Waals surface area contributed by atoms with Gasteiger partial charge in [-0.3, -0.25) is 0 Å². The first-order chi connectivity index (χ1) is 8.20. The lowest BCUT2D eigenvalue weighted by Gasteiger charge is -2.06. The molecule has 0 saturated heterocycles. The van der Waals surface area contributed by atoms with Gasteiger partial charge >= 0.3 is 0 Å². The summed E-state index contributed by atoms with van der Waals surface area (Å²) >= 11 is 0. The van der Waals surface area contributed by atoms with Crippen molar-refractivity contribution in [3.05, 3.63) is 29.7 Å². The number of aryl methyl sites for hydroxylation is 1. The molecule has 17 heavy (non-hydrogen) atoms. The van der Waals surface area contributed by atoms with Crippen LogP contribution >= 0.6 is 0 Å². The number of halogens is 1. The molecule has 0 aliphatic carbocycles. The molecule has 0 atom stereocenters. The smallest absolute Gasteiger partial charge is 0.235 e. The first kappa shape index (κ1) is 13.4. The summed E-state index contributed by atoms with van der Waals surface area (Å²) < 4.78 is 18.2. The van der Waals surface area contributed by atoms with E-state index in [1.54, 1.807) is 6.07 Å². The molecule has 0 unspecified atom stereocenters. The Kier molecular flexibility index (Phi) is 4.82. The van der Waals surface area contributed by atoms with Crippen molar-refractivity contribution in [3.63, 3.8) is 0 Å². The summed E-state index contributed by atoms with van der Waals surface area (Å²) in [6.07, 6.45) is 0. The van der Waals surface area contributed by atoms with Gasteiger partial charge in [-0.05, 0) is 26.0 Å². The number of hydrogen-bond acceptors (Lipinski definition) is 3. The van der Waals surface area contributed by atoms with Crippen LogP contribution < -0.4 is 4.74 Å². The molecule has 3 nitrogen and oxygen atoms in total. The van der Waals surface area contributed by atoms with E-state index in [0.29, 0.717) is 23.5 Å². The van der Waals surface area contributed by atoms with Gasteiger partial charge in [0, 0.05) is 6.07 Å². The molecular weight excluding hydrogens is 219 g/mol. The maximum absolute atomic E-state index is 12.9. The topological polar surface area (TPSA) is 35.0 Å². The zero-order valence-corrected chi connectivity index (χ0v) is 10.6. The Hall–Kier alpha value is -1.71. The highest BCUT2D eigenvalue weighted by Gasteiger charge is 2.06. The fourth-order valence-corrected chi connectivity index (χ4v) is 1.37. The minimum absolute atomic E-state index is 0.317. The molecule has 0 spiro atoms. The van der Waals surface area contributed by atoms with Crippen molar-refractivity contribution in [1.82, 2.24) is 9.97 Å². The van der Waals surface area contributed by atoms with Crippen molar-refractivity contribution < 1.29 is 9.13 Å². The minimum atomic E-state index is -0.317. The fraction of sp³-hybridized carbons (Fsp3) is 0.385. The second-order valence-electron chi connectivity index (χ2n) is 3.18. The average molecular weight is 236 g/mol. The summed E-state index contributed by atoms with van der Waals surface area (Å²) in [6.45, 7) is 8.22. The number of rotatable bonds is 2. The lowest BCUT2D eigenvalue weighted by Crippen LogP contribution is -1.99. The molecule has 0 amide bonds. The van der Waals surface area contributed by atoms with Gasteiger partial charge < -0.3 is 4.74 Å². The molecule has 2 rings (SSSR count). The second-order valence-corrected chi connectivity index (χ2v) is 3.18. The van der Waals surface area contributed by atoms with Crippen molar-refractivity contribution in [2.75, 3.05) is 6.61 Å². The van der Waals surface area contributed by atoms with Crippen molar-refractivity contribution >= 4 is 11.0 Å². The molecule has 1 aromatic carbocycles. The first-order valence-corrected chi connectivity index (χ1v) is 5.77. The van der Waals surface area contributed by atoms with Gasteiger partial charge in [-0.2, -0.15) is 0 Å². The predicted molar refractivity (Wildman–Crippen MR) is 66.8 cm³/mol. The van der Waals surface area contributed by atoms with Gasteiger partial charge in [0.2, 0.25) is 5.88 Å². The van der Waals surface area contributed by atoms with E-state index in [9.17, 15) is 4.39 Å². The van der Waals surface area contributed by atoms with E-state index in [1.165, 1.54) is 12.1 Å². The Labute approximate surface area is 101 Å². The van der Waals surface area contributed by atoms with Crippen LogP contribution in [0.1, 0.15) is 26.5 Å². The second kappa shape index (κ2) is 6.13. The van der Waals surface area contributed by atoms with Crippen LogP contribution in [0.2, 0.25) is 0 Å². The lowest BCUT2D eigenvalue weighted by molar-refractivity contribution is 0.324. The average Bonchev–Trinajstić information content (AvgIpc) is 2.34. The monoisotopic (exact) mass is 236 g/mol. The van der Waals surface area contributed by atoms with Gasteiger partial charge in [-0.25, -0.2) is 14.4 Å². The highest BCUT2D eigenvalue weighted by atomic mass is 19.1. The number of ether oxygens (including phenoxy) is 1. The molecule has 0 saturated carbocycles. The lowest BCUT2D eigenvalue weighted by atomic mass is 10.3. The molecule has 0 N–H and O–H groups in total. The zero-order chi connectivity index (χ0) is 12.8. The maximum Gasteiger partial charge on any atom is 0.235 e. The van der Waals surface area contributed by atoms with Crippen LogP contribution in [-0.4, -0.2) is 16.6 Å². The normalized spacial score (nSPS) is 9.71. The minimum Gasteiger partial charge on any atom is -0.477 e. The SMILES string of the molecule is CC.CCOc1nc2cc(F)ccc2nc1C. The van der Waals surface area contributed by atoms with Crippen LogP contribution in [0.15, 0.2) is 18.2 Å². The molecule has 4 heteroatoms. The highest BCUT2D eigenvalue weighted by molar-refractivity contribution is 5.74. The molecule has 1 heterocycles. The van der Waals surface area contributed by atoms with Gasteiger partial charge in [0.05, 0.1) is 17.6 Å². The van der Waals surface area contributed by atoms with Gasteiger partial charge in [0.1, 0.15) is 11.5 Å². The standard InChI is InChI=1S/C11H11FN2O.C2H6/c1-3-15-11-7(2)13-9-5-4-8(12)6-10(9)14-11;1-2/h4-6H,3H2,1-2H3;1-2H3. The molecule has 92 valence electrons. The number of benzene rings is 1. The summed E-state index contributed by atoms with van der Waals surface area (Å²) in [5.41, 5.74) is 1.91. The van der Waals surface area contributed by atoms with Crippen LogP contribution in [-0.2, 0) is 0 Å². The number of fused-ring (bicyclic) bond motifs is 1. The fourth-order valence-electron chi connectivity index (χ4n) is 1.37. The van der Waals surface area contributed by atoms with Gasteiger partial charge in [0.25, 0.3) is 0 Å². The van der Waals surface area contributed by atoms with Crippen LogP contribution in [0.3, 0.4) is 0 Å². The van der Waals surface area contributed by atoms with E-state index >= 15 is 0 Å². The summed E-state index contributed by atoms with van der Waals surface area (Å²) in [5.74, 6) is 0.152. The van der Waals surface area contributed by atoms with E-state index in [4.69, 9.17) is 4.74 Å². The van der Waals surface area contributed by atoms with Crippen molar-refractivity contribution in [1.29, 1.82) is 0 Å². The highest BCUT2D eigenvalue weighted by Crippen LogP contribution is 2.18. The van der Waals surface area contributed by atoms with Gasteiger partial charge in [-0.15, -0.1) is 0 Å². The molecular formula is C13H17FN2O. The third-order valence-corrected chi connectivity index (χ3v) is 2.04. The Balaban J connectivity index is 0.000000686. The maximum atomic E-state index is 12.9. The van der Waals surface area contributed by atoms with Crippen LogP contribution in [0, 0.1) is 12.7 Å². The summed E-state index contributed by atoms with van der Waals surface area (Å²) in [6, 6.07) is 4.33. The zero-order valence-electron chi connectivity index (χ0n) is 10.6. The summed E-state index contributed by atoms with van der Waals surface area (Å²) in [4.78, 5) is 8.48. The van der Waals surface area contributed by atoms with Gasteiger partial charge in [-0.1, -0.05) is 13.8 Å². The Morgan fingerprint density at radius 2 is 1.88 bits per heavy atom. The van der Waals surface area contributed by atoms with E-state index in [2.05, 4.69) is 9.97 Å². The van der Waals surface area contributed by atoms with E-state index in [0.717, 1.165) is 5.69 Å².